The van der Waals surface area contributed by atoms with Crippen LogP contribution in [-0.2, 0) is 19.3 Å². The summed E-state index contributed by atoms with van der Waals surface area (Å²) < 4.78 is 7.74. The van der Waals surface area contributed by atoms with Crippen molar-refractivity contribution < 1.29 is 0 Å². The van der Waals surface area contributed by atoms with Crippen molar-refractivity contribution in [3.63, 3.8) is 0 Å². The lowest BCUT2D eigenvalue weighted by atomic mass is 9.73. The van der Waals surface area contributed by atoms with Crippen molar-refractivity contribution in [2.75, 3.05) is 0 Å². The molecule has 0 amide bonds. The molecule has 12 aliphatic rings. The van der Waals surface area contributed by atoms with Gasteiger partial charge in [0.05, 0.1) is 51.6 Å². The minimum atomic E-state index is 0.506. The van der Waals surface area contributed by atoms with Crippen LogP contribution >= 0.6 is 0 Å². The van der Waals surface area contributed by atoms with Crippen LogP contribution in [0.1, 0.15) is 290 Å². The average Bonchev–Trinajstić information content (AvgIpc) is 1.06. The number of hydrogen-bond acceptors (Lipinski definition) is 13. The minimum absolute atomic E-state index is 0.506. The molecule has 2 N–H and O–H groups in total. The number of tetrazole rings is 1. The molecule has 18 heteroatoms. The van der Waals surface area contributed by atoms with Crippen molar-refractivity contribution in [1.82, 2.24) is 89.1 Å². The first-order chi connectivity index (χ1) is 51.3. The van der Waals surface area contributed by atoms with Crippen molar-refractivity contribution in [3.05, 3.63) is 132 Å². The first-order valence-electron chi connectivity index (χ1n) is 42.4. The van der Waals surface area contributed by atoms with Gasteiger partial charge in [0.1, 0.15) is 23.3 Å². The van der Waals surface area contributed by atoms with Crippen molar-refractivity contribution in [1.29, 1.82) is 0 Å². The summed E-state index contributed by atoms with van der Waals surface area (Å²) in [4.78, 5) is 37.9. The largest absolute Gasteiger partial charge is 0.324 e. The molecule has 18 nitrogen and oxygen atoms in total. The molecule has 0 radical (unpaired) electrons. The van der Waals surface area contributed by atoms with Gasteiger partial charge in [-0.3, -0.25) is 29.8 Å². The summed E-state index contributed by atoms with van der Waals surface area (Å²) in [6.07, 6.45) is 58.7. The Hall–Kier alpha value is -6.76. The van der Waals surface area contributed by atoms with E-state index in [1.165, 1.54) is 248 Å². The van der Waals surface area contributed by atoms with Crippen LogP contribution < -0.4 is 0 Å². The molecule has 104 heavy (non-hydrogen) atoms. The van der Waals surface area contributed by atoms with Gasteiger partial charge < -0.3 is 13.7 Å². The second-order valence-corrected chi connectivity index (χ2v) is 35.6. The summed E-state index contributed by atoms with van der Waals surface area (Å²) >= 11 is 0. The average molecular weight is 1400 g/mol. The minimum Gasteiger partial charge on any atom is -0.324 e. The number of nitrogens with one attached hydrogen (secondary N) is 2. The molecule has 12 heterocycles. The normalized spacial score (nSPS) is 33.8. The first-order valence-corrected chi connectivity index (χ1v) is 42.4. The number of H-pyrrole nitrogens is 2. The van der Waals surface area contributed by atoms with Gasteiger partial charge in [0.2, 0.25) is 0 Å². The van der Waals surface area contributed by atoms with Crippen molar-refractivity contribution in [2.45, 2.75) is 330 Å². The lowest BCUT2D eigenvalue weighted by Crippen LogP contribution is -2.58. The number of aromatic amines is 2. The fourth-order valence-electron chi connectivity index (χ4n) is 25.4. The summed E-state index contributed by atoms with van der Waals surface area (Å²) in [6.45, 7) is 1.97. The Kier molecular flexibility index (Phi) is 19.6. The van der Waals surface area contributed by atoms with Gasteiger partial charge in [0.15, 0.2) is 11.6 Å². The van der Waals surface area contributed by atoms with Gasteiger partial charge in [-0.2, -0.15) is 10.3 Å². The summed E-state index contributed by atoms with van der Waals surface area (Å²) in [5, 5.41) is 22.3. The molecule has 9 aromatic rings. The number of hydrogen-bond donors (Lipinski definition) is 2. The summed E-state index contributed by atoms with van der Waals surface area (Å²) in [5.74, 6) is 11.8. The van der Waals surface area contributed by atoms with Crippen LogP contribution in [-0.4, -0.2) is 144 Å². The van der Waals surface area contributed by atoms with E-state index in [0.29, 0.717) is 31.0 Å². The smallest absolute Gasteiger partial charge is 0.182 e. The van der Waals surface area contributed by atoms with Crippen LogP contribution in [0.4, 0.5) is 0 Å². The maximum atomic E-state index is 5.12. The number of benzene rings is 3. The van der Waals surface area contributed by atoms with E-state index in [9.17, 15) is 0 Å². The van der Waals surface area contributed by atoms with E-state index >= 15 is 0 Å². The molecular weight excluding hydrogens is 1290 g/mol. The van der Waals surface area contributed by atoms with Gasteiger partial charge >= 0.3 is 0 Å². The standard InChI is InChI=1S/C30H39N5.C29H40N6.C27H37N7/c1-2-7-22-14-21(6-1)15-26(16-22)34-24-8-5-9-25(34)19-27(18-24)35-29-11-4-3-10-28(29)33-30(35)17-23-20-31-12-13-32-23;1-19-30-28(33-32-19)18-29-31-26-11-4-5-12-27(26)35(29)25-16-22-9-6-10-23(17-25)34(22)24-14-20-7-2-3-8-21(13-20)15-24;1-2-7-19-12-18(6-1)13-22(14-19)33-20-8-5-9-21(33)16-23(15-20)34-25-11-4-3-10-24(25)28-27(34)17-26-29-31-32-30-26/h3-4,10-13,20-22,24-27H,1-2,5-9,14-19H2;4-5,11-12,20-25H,2-3,6-10,13-18H2,1H3,(H,30,32,33);3-4,10-11,18-23H,1-2,5-9,12-17H2,(H,29,30,31,32)/t21-,22+,24-,25+,26?,27?;20-,21+,22-,23+,24?,25?;18-,19+,20-,21+,22?,23?. The number of para-hydroxylation sites is 6. The molecule has 6 aliphatic carbocycles. The molecule has 12 fully saturated rings. The molecule has 3 aromatic carbocycles. The third-order valence-corrected chi connectivity index (χ3v) is 29.1. The second-order valence-electron chi connectivity index (χ2n) is 35.6. The van der Waals surface area contributed by atoms with Crippen LogP contribution in [0.2, 0.25) is 0 Å². The molecule has 21 rings (SSSR count). The van der Waals surface area contributed by atoms with E-state index in [2.05, 4.69) is 147 Å². The number of imidazole rings is 3. The van der Waals surface area contributed by atoms with Gasteiger partial charge in [0, 0.05) is 97.5 Å². The Morgan fingerprint density at radius 2 is 0.712 bits per heavy atom. The molecule has 550 valence electrons. The molecule has 6 saturated heterocycles. The summed E-state index contributed by atoms with van der Waals surface area (Å²) in [7, 11) is 0. The number of rotatable bonds is 12. The number of aromatic nitrogens is 15. The van der Waals surface area contributed by atoms with E-state index < -0.39 is 0 Å². The topological polar surface area (TPSA) is 185 Å². The van der Waals surface area contributed by atoms with Gasteiger partial charge in [-0.1, -0.05) is 138 Å². The van der Waals surface area contributed by atoms with E-state index in [1.54, 1.807) is 12.4 Å². The van der Waals surface area contributed by atoms with Crippen LogP contribution in [0, 0.1) is 42.4 Å². The van der Waals surface area contributed by atoms with Gasteiger partial charge in [0.25, 0.3) is 0 Å². The highest BCUT2D eigenvalue weighted by Gasteiger charge is 2.49. The SMILES string of the molecule is Cc1nc(Cc2nc3ccccc3n2C2C[C@H]3CCC[C@@H](C2)N3C2C[C@H]3CCCC[C@@H](C2)C3)n[nH]1.c1ccc2c(c1)nc(Cc1cnccn1)n2C1C[C@H]2CCC[C@@H](C1)N2C1C[C@H]2CCCC[C@@H](C1)C2.c1ccc2c(c1)nc(Cc1nn[nH]n1)n2C1C[C@H]2CCC[C@@H](C1)N2C1C[C@H]2CCCC[C@@H](C1)C2. The fraction of sp³-hybridized carbons (Fsp3) is 0.674. The van der Waals surface area contributed by atoms with Crippen LogP contribution in [0.15, 0.2) is 91.4 Å². The lowest BCUT2D eigenvalue weighted by Gasteiger charge is -2.54. The highest BCUT2D eigenvalue weighted by Crippen LogP contribution is 2.52. The van der Waals surface area contributed by atoms with Crippen molar-refractivity contribution >= 4 is 33.1 Å². The maximum absolute atomic E-state index is 5.12. The Labute approximate surface area is 616 Å². The number of fused-ring (bicyclic) bond motifs is 15. The Balaban J connectivity index is 0.000000107. The summed E-state index contributed by atoms with van der Waals surface area (Å²) in [6, 6.07) is 34.5. The Morgan fingerprint density at radius 1 is 0.346 bits per heavy atom. The Morgan fingerprint density at radius 3 is 1.05 bits per heavy atom. The maximum Gasteiger partial charge on any atom is 0.182 e. The monoisotopic (exact) mass is 1400 g/mol. The zero-order chi connectivity index (χ0) is 69.0. The van der Waals surface area contributed by atoms with Gasteiger partial charge in [-0.25, -0.2) is 19.9 Å². The second kappa shape index (κ2) is 30.1. The molecule has 12 bridgehead atoms. The van der Waals surface area contributed by atoms with E-state index in [-0.39, 0.29) is 0 Å². The molecular formula is C86H116N18. The van der Waals surface area contributed by atoms with Crippen LogP contribution in [0.3, 0.4) is 0 Å². The first kappa shape index (κ1) is 67.8. The van der Waals surface area contributed by atoms with Gasteiger partial charge in [-0.05, 0) is 214 Å². The summed E-state index contributed by atoms with van der Waals surface area (Å²) in [5.41, 5.74) is 8.17. The van der Waals surface area contributed by atoms with Crippen LogP contribution in [0.5, 0.6) is 0 Å². The van der Waals surface area contributed by atoms with E-state index in [0.717, 1.165) is 153 Å². The van der Waals surface area contributed by atoms with E-state index in [4.69, 9.17) is 15.0 Å². The number of piperidine rings is 6. The molecule has 18 atom stereocenters. The molecule has 6 aromatic heterocycles. The van der Waals surface area contributed by atoms with E-state index in [1.807, 2.05) is 13.1 Å². The number of nitrogens with zero attached hydrogens (tertiary/aromatic N) is 16. The van der Waals surface area contributed by atoms with Gasteiger partial charge in [-0.15, -0.1) is 10.2 Å². The highest BCUT2D eigenvalue weighted by atomic mass is 15.5. The zero-order valence-corrected chi connectivity index (χ0v) is 62.3. The molecule has 6 aliphatic heterocycles. The Bertz CT molecular complexity index is 4240. The third-order valence-electron chi connectivity index (χ3n) is 29.1. The van der Waals surface area contributed by atoms with Crippen molar-refractivity contribution in [2.24, 2.45) is 35.5 Å². The number of aryl methyl sites for hydroxylation is 1. The third kappa shape index (κ3) is 14.1. The van der Waals surface area contributed by atoms with Crippen LogP contribution in [0.25, 0.3) is 33.1 Å². The lowest BCUT2D eigenvalue weighted by molar-refractivity contribution is -0.0421. The molecule has 6 unspecified atom stereocenters. The fourth-order valence-corrected chi connectivity index (χ4v) is 25.4. The predicted molar refractivity (Wildman–Crippen MR) is 409 cm³/mol. The predicted octanol–water partition coefficient (Wildman–Crippen LogP) is 17.4. The highest BCUT2D eigenvalue weighted by molar-refractivity contribution is 5.78. The molecule has 0 spiro atoms. The quantitative estimate of drug-likeness (QED) is 0.118. The van der Waals surface area contributed by atoms with Crippen molar-refractivity contribution in [3.8, 4) is 0 Å². The zero-order valence-electron chi connectivity index (χ0n) is 62.3. The molecule has 6 saturated carbocycles.